The molecule has 140 valence electrons. The van der Waals surface area contributed by atoms with Crippen LogP contribution in [0.1, 0.15) is 30.0 Å². The van der Waals surface area contributed by atoms with Gasteiger partial charge in [0.15, 0.2) is 0 Å². The maximum atomic E-state index is 12.5. The summed E-state index contributed by atoms with van der Waals surface area (Å²) in [5.41, 5.74) is 1.31. The smallest absolute Gasteiger partial charge is 0.348 e. The van der Waals surface area contributed by atoms with Gasteiger partial charge in [-0.2, -0.15) is 4.98 Å². The number of carbonyl (C=O) groups is 1. The van der Waals surface area contributed by atoms with Crippen molar-refractivity contribution in [1.29, 1.82) is 0 Å². The van der Waals surface area contributed by atoms with Crippen molar-refractivity contribution in [3.05, 3.63) is 52.1 Å². The summed E-state index contributed by atoms with van der Waals surface area (Å²) in [6.45, 7) is 7.00. The third-order valence-electron chi connectivity index (χ3n) is 4.82. The Labute approximate surface area is 153 Å². The second kappa shape index (κ2) is 8.31. The molecule has 2 aromatic heterocycles. The van der Waals surface area contributed by atoms with Crippen molar-refractivity contribution >= 4 is 5.91 Å². The number of hydrogen-bond donors (Lipinski definition) is 1. The Morgan fingerprint density at radius 1 is 1.42 bits per heavy atom. The Kier molecular flexibility index (Phi) is 5.88. The molecule has 1 fully saturated rings. The molecule has 0 unspecified atom stereocenters. The van der Waals surface area contributed by atoms with Gasteiger partial charge in [0.2, 0.25) is 5.91 Å². The van der Waals surface area contributed by atoms with E-state index in [1.54, 1.807) is 17.8 Å². The van der Waals surface area contributed by atoms with E-state index >= 15 is 0 Å². The van der Waals surface area contributed by atoms with Gasteiger partial charge >= 0.3 is 5.69 Å². The third-order valence-corrected chi connectivity index (χ3v) is 4.82. The standard InChI is InChI=1S/C19H26N4O3/c1-14-11-15(2)23(19(25)21-14)9-7-20-18(24)16-5-3-8-22(12-16)13-17-6-4-10-26-17/h4,6,10-11,16H,3,5,7-9,12-13H2,1-2H3,(H,20,24)/t16-/m0/s1. The minimum Gasteiger partial charge on any atom is -0.468 e. The fourth-order valence-electron chi connectivity index (χ4n) is 3.52. The van der Waals surface area contributed by atoms with Gasteiger partial charge in [0.25, 0.3) is 0 Å². The van der Waals surface area contributed by atoms with Gasteiger partial charge in [0.1, 0.15) is 5.76 Å². The van der Waals surface area contributed by atoms with E-state index in [9.17, 15) is 9.59 Å². The summed E-state index contributed by atoms with van der Waals surface area (Å²) in [6, 6.07) is 5.71. The summed E-state index contributed by atoms with van der Waals surface area (Å²) in [6.07, 6.45) is 3.57. The Morgan fingerprint density at radius 3 is 3.00 bits per heavy atom. The minimum absolute atomic E-state index is 0.0207. The van der Waals surface area contributed by atoms with Crippen molar-refractivity contribution in [1.82, 2.24) is 19.8 Å². The topological polar surface area (TPSA) is 80.4 Å². The van der Waals surface area contributed by atoms with Crippen LogP contribution in [0.2, 0.25) is 0 Å². The number of furan rings is 1. The molecule has 0 bridgehead atoms. The maximum absolute atomic E-state index is 12.5. The second-order valence-corrected chi connectivity index (χ2v) is 6.92. The van der Waals surface area contributed by atoms with Crippen molar-refractivity contribution in [3.8, 4) is 0 Å². The van der Waals surface area contributed by atoms with Crippen molar-refractivity contribution in [3.63, 3.8) is 0 Å². The molecule has 0 saturated carbocycles. The number of aromatic nitrogens is 2. The van der Waals surface area contributed by atoms with Crippen LogP contribution >= 0.6 is 0 Å². The maximum Gasteiger partial charge on any atom is 0.348 e. The number of likely N-dealkylation sites (tertiary alicyclic amines) is 1. The molecule has 7 heteroatoms. The highest BCUT2D eigenvalue weighted by atomic mass is 16.3. The van der Waals surface area contributed by atoms with Gasteiger partial charge in [-0.3, -0.25) is 14.3 Å². The monoisotopic (exact) mass is 358 g/mol. The highest BCUT2D eigenvalue weighted by Gasteiger charge is 2.26. The van der Waals surface area contributed by atoms with Gasteiger partial charge in [-0.15, -0.1) is 0 Å². The fourth-order valence-corrected chi connectivity index (χ4v) is 3.52. The summed E-state index contributed by atoms with van der Waals surface area (Å²) in [5.74, 6) is 0.959. The van der Waals surface area contributed by atoms with Crippen molar-refractivity contribution in [2.45, 2.75) is 39.8 Å². The predicted octanol–water partition coefficient (Wildman–Crippen LogP) is 1.48. The first-order valence-electron chi connectivity index (χ1n) is 9.10. The first-order valence-corrected chi connectivity index (χ1v) is 9.10. The molecule has 1 atom stereocenters. The Bertz CT molecular complexity index is 798. The molecule has 3 rings (SSSR count). The van der Waals surface area contributed by atoms with E-state index in [4.69, 9.17) is 4.42 Å². The van der Waals surface area contributed by atoms with Gasteiger partial charge in [-0.25, -0.2) is 4.79 Å². The van der Waals surface area contributed by atoms with Gasteiger partial charge in [0, 0.05) is 31.0 Å². The molecule has 0 aromatic carbocycles. The van der Waals surface area contributed by atoms with E-state index in [1.807, 2.05) is 25.1 Å². The molecule has 1 aliphatic rings. The molecule has 26 heavy (non-hydrogen) atoms. The van der Waals surface area contributed by atoms with Crippen LogP contribution in [0.5, 0.6) is 0 Å². The molecular formula is C19H26N4O3. The number of nitrogens with one attached hydrogen (secondary N) is 1. The molecule has 1 N–H and O–H groups in total. The third kappa shape index (κ3) is 4.60. The molecule has 1 aliphatic heterocycles. The van der Waals surface area contributed by atoms with E-state index in [0.717, 1.165) is 43.9 Å². The van der Waals surface area contributed by atoms with Crippen LogP contribution in [0.25, 0.3) is 0 Å². The van der Waals surface area contributed by atoms with E-state index in [-0.39, 0.29) is 17.5 Å². The summed E-state index contributed by atoms with van der Waals surface area (Å²) in [5, 5.41) is 2.97. The highest BCUT2D eigenvalue weighted by molar-refractivity contribution is 5.78. The molecule has 3 heterocycles. The van der Waals surface area contributed by atoms with Gasteiger partial charge in [-0.1, -0.05) is 0 Å². The number of hydrogen-bond acceptors (Lipinski definition) is 5. The van der Waals surface area contributed by atoms with Crippen LogP contribution in [-0.2, 0) is 17.9 Å². The van der Waals surface area contributed by atoms with Crippen LogP contribution < -0.4 is 11.0 Å². The van der Waals surface area contributed by atoms with Crippen LogP contribution in [0.15, 0.2) is 33.7 Å². The zero-order valence-corrected chi connectivity index (χ0v) is 15.4. The van der Waals surface area contributed by atoms with Crippen molar-refractivity contribution < 1.29 is 9.21 Å². The lowest BCUT2D eigenvalue weighted by molar-refractivity contribution is -0.126. The first-order chi connectivity index (χ1) is 12.5. The highest BCUT2D eigenvalue weighted by Crippen LogP contribution is 2.19. The zero-order valence-electron chi connectivity index (χ0n) is 15.4. The number of amides is 1. The fraction of sp³-hybridized carbons (Fsp3) is 0.526. The second-order valence-electron chi connectivity index (χ2n) is 6.92. The lowest BCUT2D eigenvalue weighted by atomic mass is 9.97. The molecule has 7 nitrogen and oxygen atoms in total. The van der Waals surface area contributed by atoms with E-state index in [0.29, 0.717) is 18.8 Å². The Hall–Kier alpha value is -2.41. The first kappa shape index (κ1) is 18.4. The van der Waals surface area contributed by atoms with Crippen LogP contribution in [0.3, 0.4) is 0 Å². The van der Waals surface area contributed by atoms with Crippen molar-refractivity contribution in [2.24, 2.45) is 5.92 Å². The average molecular weight is 358 g/mol. The zero-order chi connectivity index (χ0) is 18.5. The number of rotatable bonds is 6. The van der Waals surface area contributed by atoms with Gasteiger partial charge in [-0.05, 0) is 51.4 Å². The molecular weight excluding hydrogens is 332 g/mol. The molecule has 0 spiro atoms. The normalized spacial score (nSPS) is 18.0. The number of piperidine rings is 1. The summed E-state index contributed by atoms with van der Waals surface area (Å²) < 4.78 is 6.99. The predicted molar refractivity (Wildman–Crippen MR) is 97.7 cm³/mol. The van der Waals surface area contributed by atoms with Gasteiger partial charge in [0.05, 0.1) is 18.7 Å². The van der Waals surface area contributed by atoms with Crippen molar-refractivity contribution in [2.75, 3.05) is 19.6 Å². The Balaban J connectivity index is 1.49. The quantitative estimate of drug-likeness (QED) is 0.846. The largest absolute Gasteiger partial charge is 0.468 e. The minimum atomic E-state index is -0.265. The average Bonchev–Trinajstić information content (AvgIpc) is 3.10. The van der Waals surface area contributed by atoms with Crippen LogP contribution in [-0.4, -0.2) is 40.0 Å². The number of aryl methyl sites for hydroxylation is 2. The molecule has 2 aromatic rings. The Morgan fingerprint density at radius 2 is 2.27 bits per heavy atom. The number of nitrogens with zero attached hydrogens (tertiary/aromatic N) is 3. The lowest BCUT2D eigenvalue weighted by Crippen LogP contribution is -2.43. The molecule has 0 radical (unpaired) electrons. The number of carbonyl (C=O) groups excluding carboxylic acids is 1. The summed E-state index contributed by atoms with van der Waals surface area (Å²) in [4.78, 5) is 30.7. The summed E-state index contributed by atoms with van der Waals surface area (Å²) >= 11 is 0. The van der Waals surface area contributed by atoms with E-state index in [2.05, 4.69) is 15.2 Å². The lowest BCUT2D eigenvalue weighted by Gasteiger charge is -2.31. The van der Waals surface area contributed by atoms with Crippen LogP contribution in [0, 0.1) is 19.8 Å². The van der Waals surface area contributed by atoms with Crippen LogP contribution in [0.4, 0.5) is 0 Å². The summed E-state index contributed by atoms with van der Waals surface area (Å²) in [7, 11) is 0. The van der Waals surface area contributed by atoms with Gasteiger partial charge < -0.3 is 9.73 Å². The molecule has 1 amide bonds. The van der Waals surface area contributed by atoms with E-state index < -0.39 is 0 Å². The molecule has 0 aliphatic carbocycles. The van der Waals surface area contributed by atoms with E-state index in [1.165, 1.54) is 0 Å². The SMILES string of the molecule is Cc1cc(C)n(CCNC(=O)[C@H]2CCCN(Cc3ccco3)C2)c(=O)n1. The molecule has 1 saturated heterocycles.